The zero-order valence-electron chi connectivity index (χ0n) is 17.3. The van der Waals surface area contributed by atoms with Crippen molar-refractivity contribution in [2.75, 3.05) is 52.4 Å². The third kappa shape index (κ3) is 5.84. The van der Waals surface area contributed by atoms with Gasteiger partial charge in [0.15, 0.2) is 5.96 Å². The van der Waals surface area contributed by atoms with Crippen LogP contribution in [0.5, 0.6) is 0 Å². The van der Waals surface area contributed by atoms with Gasteiger partial charge in [0.2, 0.25) is 5.91 Å². The number of piperazine rings is 1. The van der Waals surface area contributed by atoms with Gasteiger partial charge in [0, 0.05) is 50.7 Å². The largest absolute Gasteiger partial charge is 0.386 e. The van der Waals surface area contributed by atoms with Crippen LogP contribution >= 0.6 is 22.9 Å². The average Bonchev–Trinajstić information content (AvgIpc) is 3.42. The molecule has 2 unspecified atom stereocenters. The van der Waals surface area contributed by atoms with E-state index in [0.29, 0.717) is 10.9 Å². The Bertz CT molecular complexity index is 699. The molecule has 0 radical (unpaired) electrons. The number of hydrogen-bond acceptors (Lipinski definition) is 5. The van der Waals surface area contributed by atoms with E-state index >= 15 is 0 Å². The van der Waals surface area contributed by atoms with Crippen molar-refractivity contribution in [1.29, 1.82) is 0 Å². The number of nitrogens with one attached hydrogen (secondary N) is 1. The van der Waals surface area contributed by atoms with E-state index in [1.54, 1.807) is 6.07 Å². The molecule has 2 saturated heterocycles. The van der Waals surface area contributed by atoms with Crippen molar-refractivity contribution in [2.24, 2.45) is 4.99 Å². The van der Waals surface area contributed by atoms with Crippen molar-refractivity contribution < 1.29 is 9.90 Å². The molecule has 2 atom stereocenters. The maximum Gasteiger partial charge on any atom is 0.239 e. The van der Waals surface area contributed by atoms with Gasteiger partial charge in [-0.3, -0.25) is 14.7 Å². The first-order chi connectivity index (χ1) is 14.0. The van der Waals surface area contributed by atoms with Crippen molar-refractivity contribution in [2.45, 2.75) is 38.8 Å². The molecule has 3 rings (SSSR count). The van der Waals surface area contributed by atoms with Gasteiger partial charge in [-0.05, 0) is 38.8 Å². The van der Waals surface area contributed by atoms with Gasteiger partial charge in [0.05, 0.1) is 16.9 Å². The Labute approximate surface area is 182 Å². The molecule has 2 N–H and O–H groups in total. The molecule has 1 amide bonds. The van der Waals surface area contributed by atoms with Gasteiger partial charge in [0.25, 0.3) is 0 Å². The number of aliphatic hydroxyl groups is 1. The summed E-state index contributed by atoms with van der Waals surface area (Å²) in [6.45, 7) is 10.2. The average molecular weight is 442 g/mol. The van der Waals surface area contributed by atoms with Crippen LogP contribution in [0.3, 0.4) is 0 Å². The number of carbonyl (C=O) groups excluding carboxylic acids is 1. The van der Waals surface area contributed by atoms with Crippen LogP contribution in [0.25, 0.3) is 0 Å². The van der Waals surface area contributed by atoms with E-state index in [-0.39, 0.29) is 11.9 Å². The molecular formula is C20H32ClN5O2S. The number of hydrogen-bond donors (Lipinski definition) is 2. The fourth-order valence-corrected chi connectivity index (χ4v) is 4.91. The first-order valence-electron chi connectivity index (χ1n) is 10.5. The number of halogens is 1. The van der Waals surface area contributed by atoms with Crippen molar-refractivity contribution in [3.63, 3.8) is 0 Å². The highest BCUT2D eigenvalue weighted by Crippen LogP contribution is 2.27. The molecule has 2 aliphatic rings. The number of aliphatic hydroxyl groups excluding tert-OH is 1. The molecule has 0 saturated carbocycles. The quantitative estimate of drug-likeness (QED) is 0.522. The first-order valence-corrected chi connectivity index (χ1v) is 11.7. The van der Waals surface area contributed by atoms with Gasteiger partial charge in [0.1, 0.15) is 6.10 Å². The van der Waals surface area contributed by atoms with Gasteiger partial charge in [-0.2, -0.15) is 0 Å². The third-order valence-corrected chi connectivity index (χ3v) is 6.94. The van der Waals surface area contributed by atoms with E-state index in [2.05, 4.69) is 20.1 Å². The van der Waals surface area contributed by atoms with E-state index in [9.17, 15) is 9.90 Å². The lowest BCUT2D eigenvalue weighted by Crippen LogP contribution is -2.57. The zero-order chi connectivity index (χ0) is 20.8. The van der Waals surface area contributed by atoms with E-state index in [4.69, 9.17) is 11.6 Å². The Balaban J connectivity index is 1.54. The lowest BCUT2D eigenvalue weighted by molar-refractivity contribution is -0.135. The lowest BCUT2D eigenvalue weighted by Gasteiger charge is -2.39. The van der Waals surface area contributed by atoms with Crippen LogP contribution in [-0.2, 0) is 4.79 Å². The molecule has 3 heterocycles. The van der Waals surface area contributed by atoms with E-state index in [0.717, 1.165) is 69.5 Å². The smallest absolute Gasteiger partial charge is 0.239 e. The summed E-state index contributed by atoms with van der Waals surface area (Å²) in [7, 11) is 0. The summed E-state index contributed by atoms with van der Waals surface area (Å²) in [6, 6.07) is 3.57. The number of aliphatic imine (C=N–C) groups is 1. The molecule has 1 aromatic rings. The molecule has 0 bridgehead atoms. The predicted molar refractivity (Wildman–Crippen MR) is 119 cm³/mol. The fraction of sp³-hybridized carbons (Fsp3) is 0.700. The van der Waals surface area contributed by atoms with Gasteiger partial charge in [-0.25, -0.2) is 0 Å². The summed E-state index contributed by atoms with van der Waals surface area (Å²) >= 11 is 7.34. The molecule has 162 valence electrons. The summed E-state index contributed by atoms with van der Waals surface area (Å²) in [5.74, 6) is 1.07. The molecule has 0 aliphatic carbocycles. The summed E-state index contributed by atoms with van der Waals surface area (Å²) in [4.78, 5) is 24.6. The Kier molecular flexibility index (Phi) is 8.17. The molecule has 9 heteroatoms. The maximum absolute atomic E-state index is 12.7. The van der Waals surface area contributed by atoms with Crippen molar-refractivity contribution in [1.82, 2.24) is 20.0 Å². The Morgan fingerprint density at radius 1 is 1.21 bits per heavy atom. The highest BCUT2D eigenvalue weighted by molar-refractivity contribution is 7.16. The second-order valence-electron chi connectivity index (χ2n) is 7.58. The van der Waals surface area contributed by atoms with E-state index < -0.39 is 6.10 Å². The normalized spacial score (nSPS) is 20.8. The van der Waals surface area contributed by atoms with Crippen LogP contribution < -0.4 is 5.32 Å². The van der Waals surface area contributed by atoms with Gasteiger partial charge < -0.3 is 20.2 Å². The van der Waals surface area contributed by atoms with Gasteiger partial charge >= 0.3 is 0 Å². The molecule has 0 aromatic carbocycles. The molecule has 2 fully saturated rings. The summed E-state index contributed by atoms with van der Waals surface area (Å²) in [6.07, 6.45) is 1.59. The lowest BCUT2D eigenvalue weighted by atomic mass is 10.2. The maximum atomic E-state index is 12.7. The van der Waals surface area contributed by atoms with E-state index in [1.807, 2.05) is 24.8 Å². The number of thiophene rings is 1. The van der Waals surface area contributed by atoms with Crippen molar-refractivity contribution in [3.05, 3.63) is 21.3 Å². The summed E-state index contributed by atoms with van der Waals surface area (Å²) < 4.78 is 0.670. The number of rotatable bonds is 6. The number of likely N-dealkylation sites (tertiary alicyclic amines) is 1. The van der Waals surface area contributed by atoms with Crippen LogP contribution in [0.2, 0.25) is 4.34 Å². The van der Waals surface area contributed by atoms with Crippen LogP contribution in [0.15, 0.2) is 17.1 Å². The Morgan fingerprint density at radius 2 is 1.90 bits per heavy atom. The number of carbonyl (C=O) groups is 1. The predicted octanol–water partition coefficient (Wildman–Crippen LogP) is 2.03. The zero-order valence-corrected chi connectivity index (χ0v) is 18.9. The second kappa shape index (κ2) is 10.6. The Morgan fingerprint density at radius 3 is 2.48 bits per heavy atom. The van der Waals surface area contributed by atoms with Gasteiger partial charge in [-0.1, -0.05) is 11.6 Å². The number of amides is 1. The van der Waals surface area contributed by atoms with Crippen LogP contribution in [0.1, 0.15) is 37.7 Å². The van der Waals surface area contributed by atoms with Crippen molar-refractivity contribution in [3.8, 4) is 0 Å². The monoisotopic (exact) mass is 441 g/mol. The Hall–Kier alpha value is -1.35. The van der Waals surface area contributed by atoms with E-state index in [1.165, 1.54) is 11.3 Å². The molecule has 0 spiro atoms. The minimum absolute atomic E-state index is 0.0693. The topological polar surface area (TPSA) is 71.4 Å². The highest BCUT2D eigenvalue weighted by Gasteiger charge is 2.30. The minimum atomic E-state index is -0.652. The summed E-state index contributed by atoms with van der Waals surface area (Å²) in [5, 5.41) is 13.7. The van der Waals surface area contributed by atoms with Gasteiger partial charge in [-0.15, -0.1) is 11.3 Å². The first kappa shape index (κ1) is 22.3. The number of guanidine groups is 1. The standard InChI is InChI=1S/C20H32ClN5O2S/c1-3-22-20(23-14-16(27)17-6-7-18(21)29-17)26-12-10-24(11-13-26)15(2)19(28)25-8-4-5-9-25/h6-7,15-16,27H,3-5,8-14H2,1-2H3,(H,22,23). The SMILES string of the molecule is CCNC(=NCC(O)c1ccc(Cl)s1)N1CCN(C(C)C(=O)N2CCCC2)CC1. The van der Waals surface area contributed by atoms with Crippen molar-refractivity contribution >= 4 is 34.8 Å². The summed E-state index contributed by atoms with van der Waals surface area (Å²) in [5.41, 5.74) is 0. The second-order valence-corrected chi connectivity index (χ2v) is 9.33. The molecule has 2 aliphatic heterocycles. The van der Waals surface area contributed by atoms with Crippen LogP contribution in [-0.4, -0.2) is 90.1 Å². The number of nitrogens with zero attached hydrogens (tertiary/aromatic N) is 4. The van der Waals surface area contributed by atoms with Crippen LogP contribution in [0.4, 0.5) is 0 Å². The molecular weight excluding hydrogens is 410 g/mol. The van der Waals surface area contributed by atoms with Crippen LogP contribution in [0, 0.1) is 0 Å². The molecule has 1 aromatic heterocycles. The minimum Gasteiger partial charge on any atom is -0.386 e. The highest BCUT2D eigenvalue weighted by atomic mass is 35.5. The molecule has 7 nitrogen and oxygen atoms in total. The molecule has 29 heavy (non-hydrogen) atoms. The third-order valence-electron chi connectivity index (χ3n) is 5.61. The fourth-order valence-electron chi connectivity index (χ4n) is 3.88.